The smallest absolute Gasteiger partial charge is 0.487 e. The third-order valence-electron chi connectivity index (χ3n) is 10.2. The molecule has 3 heterocycles. The zero-order valence-electron chi connectivity index (χ0n) is 32.9. The van der Waals surface area contributed by atoms with Crippen molar-refractivity contribution in [1.82, 2.24) is 19.5 Å². The first-order valence-corrected chi connectivity index (χ1v) is 25.4. The van der Waals surface area contributed by atoms with Crippen molar-refractivity contribution in [3.63, 3.8) is 0 Å². The number of anilines is 2. The molecular formula is C40H36N5O15P3S. The van der Waals surface area contributed by atoms with E-state index in [1.165, 1.54) is 17.0 Å². The van der Waals surface area contributed by atoms with Gasteiger partial charge in [-0.3, -0.25) is 23.4 Å². The molecule has 1 fully saturated rings. The average Bonchev–Trinajstić information content (AvgIpc) is 3.86. The van der Waals surface area contributed by atoms with E-state index in [1.807, 2.05) is 36.4 Å². The molecule has 0 aliphatic carbocycles. The Morgan fingerprint density at radius 1 is 0.781 bits per heavy atom. The van der Waals surface area contributed by atoms with Gasteiger partial charge in [0.15, 0.2) is 21.0 Å². The topological polar surface area (TPSA) is 277 Å². The largest absolute Gasteiger partial charge is 0.490 e. The molecule has 2 aromatic heterocycles. The maximum absolute atomic E-state index is 13.5. The molecule has 8 aromatic rings. The van der Waals surface area contributed by atoms with Crippen molar-refractivity contribution in [3.05, 3.63) is 132 Å². The van der Waals surface area contributed by atoms with E-state index in [9.17, 15) is 41.6 Å². The van der Waals surface area contributed by atoms with E-state index in [0.29, 0.717) is 22.2 Å². The monoisotopic (exact) mass is 951 g/mol. The number of aromatic nitrogens is 4. The standard InChI is InChI=1S/C40H36N5O15P3S/c46-39-37-38(43-40(44-39)42-28-10-3-1-4-11-28)45(24-41-37)34-22-31(57-29-12-5-2-6-13-29)32(58-34)23-56-62(49,50)60-63(51,52)59-61(47,48)55-20-21-64(53,54)33-19-17-27-15-14-25-8-7-9-26-16-18-30(33)36(27)35(25)26/h1-19,24,31-32,34H,20-23H2,(H,47,48)(H,49,50)(H,51,52)(H2,42,43,44,46)/t31?,32-,34-/m1/s1. The number of para-hydroxylation sites is 2. The number of nitrogens with zero attached hydrogens (tertiary/aromatic N) is 3. The minimum absolute atomic E-state index is 0.00930. The number of benzene rings is 6. The molecular weight excluding hydrogens is 915 g/mol. The molecule has 24 heteroatoms. The quantitative estimate of drug-likeness (QED) is 0.0441. The van der Waals surface area contributed by atoms with Gasteiger partial charge >= 0.3 is 23.5 Å². The summed E-state index contributed by atoms with van der Waals surface area (Å²) in [5, 5.41) is 7.64. The average molecular weight is 952 g/mol. The van der Waals surface area contributed by atoms with Crippen LogP contribution in [-0.2, 0) is 45.9 Å². The summed E-state index contributed by atoms with van der Waals surface area (Å²) in [6, 6.07) is 33.4. The van der Waals surface area contributed by atoms with Crippen LogP contribution in [0.2, 0.25) is 0 Å². The van der Waals surface area contributed by atoms with Crippen LogP contribution in [0.3, 0.4) is 0 Å². The SMILES string of the molecule is O=c1[nH]c(Nc2ccccc2)nc2c1ncn2[C@H]1CC(Oc2ccccc2)[C@@H](COP(=O)(O)OP(=O)(O)OP(=O)(O)OCCS(=O)(=O)c2ccc3ccc4cccc5ccc2c3c45)O1. The van der Waals surface area contributed by atoms with Crippen molar-refractivity contribution in [1.29, 1.82) is 0 Å². The van der Waals surface area contributed by atoms with Crippen LogP contribution in [0.15, 0.2) is 131 Å². The lowest BCUT2D eigenvalue weighted by molar-refractivity contribution is -0.0384. The fourth-order valence-corrected chi connectivity index (χ4v) is 12.5. The van der Waals surface area contributed by atoms with Crippen molar-refractivity contribution in [2.75, 3.05) is 24.3 Å². The van der Waals surface area contributed by atoms with Crippen molar-refractivity contribution in [3.8, 4) is 5.75 Å². The molecule has 5 N–H and O–H groups in total. The number of imidazole rings is 1. The number of aromatic amines is 1. The highest BCUT2D eigenvalue weighted by Gasteiger charge is 2.45. The highest BCUT2D eigenvalue weighted by atomic mass is 32.2. The molecule has 6 aromatic carbocycles. The zero-order chi connectivity index (χ0) is 44.9. The van der Waals surface area contributed by atoms with Gasteiger partial charge in [0.2, 0.25) is 5.95 Å². The van der Waals surface area contributed by atoms with Gasteiger partial charge in [-0.05, 0) is 57.3 Å². The lowest BCUT2D eigenvalue weighted by atomic mass is 9.94. The zero-order valence-corrected chi connectivity index (χ0v) is 36.4. The van der Waals surface area contributed by atoms with E-state index in [0.717, 1.165) is 21.5 Å². The Hall–Kier alpha value is -5.37. The molecule has 64 heavy (non-hydrogen) atoms. The second-order valence-electron chi connectivity index (χ2n) is 14.5. The molecule has 4 unspecified atom stereocenters. The first kappa shape index (κ1) is 43.9. The van der Waals surface area contributed by atoms with E-state index in [1.54, 1.807) is 72.8 Å². The molecule has 0 spiro atoms. The Bertz CT molecular complexity index is 3330. The Kier molecular flexibility index (Phi) is 11.8. The van der Waals surface area contributed by atoms with E-state index in [-0.39, 0.29) is 28.4 Å². The second kappa shape index (κ2) is 17.2. The van der Waals surface area contributed by atoms with Gasteiger partial charge in [-0.15, -0.1) is 0 Å². The van der Waals surface area contributed by atoms with Crippen LogP contribution in [0.4, 0.5) is 11.6 Å². The fraction of sp³-hybridized carbons (Fsp3) is 0.175. The van der Waals surface area contributed by atoms with Crippen LogP contribution in [-0.4, -0.2) is 73.8 Å². The number of hydrogen-bond donors (Lipinski definition) is 5. The lowest BCUT2D eigenvalue weighted by Gasteiger charge is -2.22. The Balaban J connectivity index is 0.850. The summed E-state index contributed by atoms with van der Waals surface area (Å²) in [5.74, 6) is -0.359. The van der Waals surface area contributed by atoms with E-state index < -0.39 is 76.3 Å². The van der Waals surface area contributed by atoms with Crippen molar-refractivity contribution < 1.29 is 63.9 Å². The Labute approximate surface area is 362 Å². The van der Waals surface area contributed by atoms with Crippen molar-refractivity contribution >= 4 is 88.4 Å². The summed E-state index contributed by atoms with van der Waals surface area (Å²) in [5.41, 5.74) is 0.216. The molecule has 1 saturated heterocycles. The van der Waals surface area contributed by atoms with Crippen molar-refractivity contribution in [2.24, 2.45) is 0 Å². The molecule has 1 aliphatic heterocycles. The summed E-state index contributed by atoms with van der Waals surface area (Å²) < 4.78 is 97.6. The normalized spacial score (nSPS) is 19.8. The highest BCUT2D eigenvalue weighted by molar-refractivity contribution is 7.91. The molecule has 0 radical (unpaired) electrons. The lowest BCUT2D eigenvalue weighted by Crippen LogP contribution is -2.31. The third kappa shape index (κ3) is 9.39. The molecule has 9 rings (SSSR count). The molecule has 6 atom stereocenters. The first-order valence-electron chi connectivity index (χ1n) is 19.3. The summed E-state index contributed by atoms with van der Waals surface area (Å²) in [6.07, 6.45) is -1.65. The maximum atomic E-state index is 13.5. The summed E-state index contributed by atoms with van der Waals surface area (Å²) in [4.78, 5) is 55.2. The van der Waals surface area contributed by atoms with Gasteiger partial charge in [0.25, 0.3) is 5.56 Å². The Morgan fingerprint density at radius 3 is 2.14 bits per heavy atom. The number of rotatable bonds is 17. The number of fused-ring (bicyclic) bond motifs is 1. The summed E-state index contributed by atoms with van der Waals surface area (Å²) in [6.45, 7) is -1.80. The summed E-state index contributed by atoms with van der Waals surface area (Å²) >= 11 is 0. The molecule has 20 nitrogen and oxygen atoms in total. The number of ether oxygens (including phenoxy) is 2. The second-order valence-corrected chi connectivity index (χ2v) is 21.2. The predicted molar refractivity (Wildman–Crippen MR) is 233 cm³/mol. The van der Waals surface area contributed by atoms with Crippen molar-refractivity contribution in [2.45, 2.75) is 29.8 Å². The predicted octanol–water partition coefficient (Wildman–Crippen LogP) is 7.34. The molecule has 0 saturated carbocycles. The van der Waals surface area contributed by atoms with Gasteiger partial charge in [-0.2, -0.15) is 13.6 Å². The van der Waals surface area contributed by atoms with Crippen LogP contribution in [0.1, 0.15) is 12.6 Å². The highest BCUT2D eigenvalue weighted by Crippen LogP contribution is 2.67. The van der Waals surface area contributed by atoms with Gasteiger partial charge in [-0.1, -0.05) is 84.9 Å². The number of sulfone groups is 1. The molecule has 0 amide bonds. The Morgan fingerprint density at radius 2 is 1.42 bits per heavy atom. The fourth-order valence-electron chi connectivity index (χ4n) is 7.52. The maximum Gasteiger partial charge on any atom is 0.490 e. The van der Waals surface area contributed by atoms with E-state index >= 15 is 0 Å². The van der Waals surface area contributed by atoms with Gasteiger partial charge < -0.3 is 29.5 Å². The molecule has 332 valence electrons. The molecule has 0 bridgehead atoms. The summed E-state index contributed by atoms with van der Waals surface area (Å²) in [7, 11) is -21.4. The first-order chi connectivity index (χ1) is 30.5. The van der Waals surface area contributed by atoms with Gasteiger partial charge in [0, 0.05) is 17.5 Å². The van der Waals surface area contributed by atoms with Crippen LogP contribution in [0.25, 0.3) is 43.5 Å². The van der Waals surface area contributed by atoms with Gasteiger partial charge in [0.05, 0.1) is 30.2 Å². The number of hydrogen-bond acceptors (Lipinski definition) is 15. The van der Waals surface area contributed by atoms with Crippen LogP contribution in [0, 0.1) is 0 Å². The van der Waals surface area contributed by atoms with E-state index in [4.69, 9.17) is 18.5 Å². The van der Waals surface area contributed by atoms with Crippen LogP contribution >= 0.6 is 23.5 Å². The minimum Gasteiger partial charge on any atom is -0.487 e. The molecule has 1 aliphatic rings. The van der Waals surface area contributed by atoms with Gasteiger partial charge in [-0.25, -0.2) is 27.1 Å². The number of H-pyrrole nitrogens is 1. The number of phosphoric ester groups is 2. The van der Waals surface area contributed by atoms with Crippen LogP contribution < -0.4 is 15.6 Å². The van der Waals surface area contributed by atoms with Gasteiger partial charge in [0.1, 0.15) is 24.2 Å². The van der Waals surface area contributed by atoms with Crippen LogP contribution in [0.5, 0.6) is 5.75 Å². The van der Waals surface area contributed by atoms with E-state index in [2.05, 4.69) is 28.9 Å². The number of phosphoric acid groups is 3. The number of nitrogens with one attached hydrogen (secondary N) is 2. The minimum atomic E-state index is -5.94. The third-order valence-corrected chi connectivity index (χ3v) is 16.3.